The average Bonchev–Trinajstić information content (AvgIpc) is 2.44. The van der Waals surface area contributed by atoms with Crippen molar-refractivity contribution >= 4 is 15.9 Å². The lowest BCUT2D eigenvalue weighted by molar-refractivity contribution is 0.0305. The number of alkyl halides is 1. The van der Waals surface area contributed by atoms with Gasteiger partial charge >= 0.3 is 0 Å². The van der Waals surface area contributed by atoms with Crippen LogP contribution in [0.3, 0.4) is 0 Å². The van der Waals surface area contributed by atoms with Gasteiger partial charge in [0, 0.05) is 25.4 Å². The lowest BCUT2D eigenvalue weighted by Gasteiger charge is -2.39. The van der Waals surface area contributed by atoms with Gasteiger partial charge in [-0.1, -0.05) is 0 Å². The van der Waals surface area contributed by atoms with Gasteiger partial charge in [0.2, 0.25) is 0 Å². The van der Waals surface area contributed by atoms with E-state index in [2.05, 4.69) is 21.0 Å². The van der Waals surface area contributed by atoms with Crippen molar-refractivity contribution in [3.05, 3.63) is 16.4 Å². The highest BCUT2D eigenvalue weighted by Crippen LogP contribution is 2.46. The van der Waals surface area contributed by atoms with E-state index < -0.39 is 5.67 Å². The van der Waals surface area contributed by atoms with Crippen LogP contribution in [0.5, 0.6) is 0 Å². The number of rotatable bonds is 2. The fourth-order valence-corrected chi connectivity index (χ4v) is 2.66. The smallest absolute Gasteiger partial charge is 0.156 e. The Kier molecular flexibility index (Phi) is 2.39. The van der Waals surface area contributed by atoms with Crippen molar-refractivity contribution in [2.24, 2.45) is 5.73 Å². The molecule has 0 bridgehead atoms. The number of aromatic nitrogens is 2. The molecular formula is C9H13BrFN3. The maximum atomic E-state index is 14.3. The highest BCUT2D eigenvalue weighted by atomic mass is 79.9. The van der Waals surface area contributed by atoms with E-state index in [1.54, 1.807) is 10.9 Å². The SMILES string of the molecule is CCn1ncc(Br)c1C1(F)CC(N)C1. The first-order chi connectivity index (χ1) is 6.57. The van der Waals surface area contributed by atoms with Crippen LogP contribution in [0.25, 0.3) is 0 Å². The van der Waals surface area contributed by atoms with Gasteiger partial charge in [-0.2, -0.15) is 5.10 Å². The molecule has 0 atom stereocenters. The zero-order chi connectivity index (χ0) is 10.3. The number of aryl methyl sites for hydroxylation is 1. The monoisotopic (exact) mass is 261 g/mol. The first-order valence-corrected chi connectivity index (χ1v) is 5.52. The fourth-order valence-electron chi connectivity index (χ4n) is 2.01. The normalized spacial score (nSPS) is 31.6. The first-order valence-electron chi connectivity index (χ1n) is 4.73. The molecule has 3 nitrogen and oxygen atoms in total. The summed E-state index contributed by atoms with van der Waals surface area (Å²) in [5.41, 5.74) is 4.98. The van der Waals surface area contributed by atoms with Crippen LogP contribution in [0.15, 0.2) is 10.7 Å². The molecule has 14 heavy (non-hydrogen) atoms. The molecule has 1 aliphatic carbocycles. The highest BCUT2D eigenvalue weighted by molar-refractivity contribution is 9.10. The van der Waals surface area contributed by atoms with E-state index in [0.717, 1.165) is 4.47 Å². The highest BCUT2D eigenvalue weighted by Gasteiger charge is 2.47. The number of nitrogens with two attached hydrogens (primary N) is 1. The molecule has 1 aromatic rings. The van der Waals surface area contributed by atoms with E-state index in [1.807, 2.05) is 6.92 Å². The summed E-state index contributed by atoms with van der Waals surface area (Å²) < 4.78 is 16.7. The Morgan fingerprint density at radius 2 is 2.43 bits per heavy atom. The maximum absolute atomic E-state index is 14.3. The third kappa shape index (κ3) is 1.39. The van der Waals surface area contributed by atoms with Crippen LogP contribution in [-0.4, -0.2) is 15.8 Å². The maximum Gasteiger partial charge on any atom is 0.156 e. The van der Waals surface area contributed by atoms with Gasteiger partial charge < -0.3 is 5.73 Å². The van der Waals surface area contributed by atoms with Gasteiger partial charge in [-0.05, 0) is 22.9 Å². The third-order valence-corrected chi connectivity index (χ3v) is 3.27. The Hall–Kier alpha value is -0.420. The molecule has 1 aliphatic rings. The minimum absolute atomic E-state index is 0.00731. The molecule has 0 aliphatic heterocycles. The first kappa shape index (κ1) is 10.1. The summed E-state index contributed by atoms with van der Waals surface area (Å²) in [5, 5.41) is 4.10. The van der Waals surface area contributed by atoms with E-state index in [4.69, 9.17) is 5.73 Å². The molecule has 2 rings (SSSR count). The van der Waals surface area contributed by atoms with Gasteiger partial charge in [0.05, 0.1) is 16.4 Å². The second-order valence-corrected chi connectivity index (χ2v) is 4.64. The molecule has 0 amide bonds. The summed E-state index contributed by atoms with van der Waals surface area (Å²) in [4.78, 5) is 0. The zero-order valence-electron chi connectivity index (χ0n) is 8.00. The predicted molar refractivity (Wildman–Crippen MR) is 55.6 cm³/mol. The van der Waals surface area contributed by atoms with Crippen LogP contribution < -0.4 is 5.73 Å². The molecule has 0 radical (unpaired) electrons. The topological polar surface area (TPSA) is 43.8 Å². The van der Waals surface area contributed by atoms with Gasteiger partial charge in [0.15, 0.2) is 5.67 Å². The van der Waals surface area contributed by atoms with E-state index in [-0.39, 0.29) is 6.04 Å². The van der Waals surface area contributed by atoms with Crippen LogP contribution in [-0.2, 0) is 12.2 Å². The number of hydrogen-bond acceptors (Lipinski definition) is 2. The Morgan fingerprint density at radius 3 is 2.93 bits per heavy atom. The number of hydrogen-bond donors (Lipinski definition) is 1. The standard InChI is InChI=1S/C9H13BrFN3/c1-2-14-8(7(10)5-13-14)9(11)3-6(12)4-9/h5-6H,2-4,12H2,1H3. The van der Waals surface area contributed by atoms with Gasteiger partial charge in [0.1, 0.15) is 0 Å². The Bertz CT molecular complexity index is 344. The van der Waals surface area contributed by atoms with Crippen molar-refractivity contribution in [3.63, 3.8) is 0 Å². The number of halogens is 2. The minimum atomic E-state index is -1.27. The summed E-state index contributed by atoms with van der Waals surface area (Å²) >= 11 is 3.32. The zero-order valence-corrected chi connectivity index (χ0v) is 9.59. The molecule has 0 spiro atoms. The largest absolute Gasteiger partial charge is 0.327 e. The molecule has 2 N–H and O–H groups in total. The molecule has 5 heteroatoms. The lowest BCUT2D eigenvalue weighted by Crippen LogP contribution is -2.47. The molecule has 1 aromatic heterocycles. The van der Waals surface area contributed by atoms with Crippen molar-refractivity contribution in [1.82, 2.24) is 9.78 Å². The second-order valence-electron chi connectivity index (χ2n) is 3.79. The van der Waals surface area contributed by atoms with E-state index in [9.17, 15) is 4.39 Å². The predicted octanol–water partition coefficient (Wildman–Crippen LogP) is 1.95. The Morgan fingerprint density at radius 1 is 1.79 bits per heavy atom. The molecule has 0 aromatic carbocycles. The van der Waals surface area contributed by atoms with Crippen LogP contribution in [0.2, 0.25) is 0 Å². The summed E-state index contributed by atoms with van der Waals surface area (Å²) in [6.07, 6.45) is 2.44. The summed E-state index contributed by atoms with van der Waals surface area (Å²) in [5.74, 6) is 0. The third-order valence-electron chi connectivity index (χ3n) is 2.69. The van der Waals surface area contributed by atoms with E-state index in [0.29, 0.717) is 25.1 Å². The summed E-state index contributed by atoms with van der Waals surface area (Å²) in [6.45, 7) is 2.63. The Labute approximate surface area is 90.6 Å². The van der Waals surface area contributed by atoms with Crippen LogP contribution in [0, 0.1) is 0 Å². The molecule has 0 saturated heterocycles. The van der Waals surface area contributed by atoms with Gasteiger partial charge in [0.25, 0.3) is 0 Å². The van der Waals surface area contributed by atoms with Crippen molar-refractivity contribution in [2.45, 2.75) is 38.0 Å². The molecule has 1 fully saturated rings. The van der Waals surface area contributed by atoms with Gasteiger partial charge in [-0.3, -0.25) is 4.68 Å². The van der Waals surface area contributed by atoms with E-state index in [1.165, 1.54) is 0 Å². The average molecular weight is 262 g/mol. The van der Waals surface area contributed by atoms with Crippen LogP contribution in [0.1, 0.15) is 25.5 Å². The van der Waals surface area contributed by atoms with E-state index >= 15 is 0 Å². The lowest BCUT2D eigenvalue weighted by atomic mass is 9.75. The van der Waals surface area contributed by atoms with Crippen molar-refractivity contribution < 1.29 is 4.39 Å². The molecule has 78 valence electrons. The minimum Gasteiger partial charge on any atom is -0.327 e. The summed E-state index contributed by atoms with van der Waals surface area (Å²) in [7, 11) is 0. The van der Waals surface area contributed by atoms with Crippen LogP contribution >= 0.6 is 15.9 Å². The van der Waals surface area contributed by atoms with Crippen molar-refractivity contribution in [3.8, 4) is 0 Å². The Balaban J connectivity index is 2.35. The summed E-state index contributed by atoms with van der Waals surface area (Å²) in [6, 6.07) is -0.00731. The second kappa shape index (κ2) is 3.31. The van der Waals surface area contributed by atoms with Crippen LogP contribution in [0.4, 0.5) is 4.39 Å². The quantitative estimate of drug-likeness (QED) is 0.885. The molecule has 1 heterocycles. The molecular weight excluding hydrogens is 249 g/mol. The number of nitrogens with zero attached hydrogens (tertiary/aromatic N) is 2. The van der Waals surface area contributed by atoms with Gasteiger partial charge in [-0.25, -0.2) is 4.39 Å². The van der Waals surface area contributed by atoms with Gasteiger partial charge in [-0.15, -0.1) is 0 Å². The van der Waals surface area contributed by atoms with Crippen molar-refractivity contribution in [1.29, 1.82) is 0 Å². The molecule has 1 saturated carbocycles. The van der Waals surface area contributed by atoms with Crippen molar-refractivity contribution in [2.75, 3.05) is 0 Å². The molecule has 0 unspecified atom stereocenters. The fraction of sp³-hybridized carbons (Fsp3) is 0.667.